The molecule has 0 aliphatic rings. The fourth-order valence-corrected chi connectivity index (χ4v) is 1.89. The Morgan fingerprint density at radius 3 is 2.38 bits per heavy atom. The van der Waals surface area contributed by atoms with Gasteiger partial charge in [0.2, 0.25) is 0 Å². The lowest BCUT2D eigenvalue weighted by Gasteiger charge is -2.24. The summed E-state index contributed by atoms with van der Waals surface area (Å²) in [6.45, 7) is 6.07. The average molecular weight is 239 g/mol. The maximum Gasteiger partial charge on any atom is 0.119 e. The predicted molar refractivity (Wildman–Crippen MR) is 71.4 cm³/mol. The Bertz CT molecular complexity index is 308. The Kier molecular flexibility index (Phi) is 5.16. The number of hydrogen-bond acceptors (Lipinski definition) is 3. The molecule has 16 heavy (non-hydrogen) atoms. The highest BCUT2D eigenvalue weighted by atomic mass is 32.2. The lowest BCUT2D eigenvalue weighted by molar-refractivity contribution is 0.179. The molecule has 1 rings (SSSR count). The van der Waals surface area contributed by atoms with E-state index in [-0.39, 0.29) is 5.41 Å². The van der Waals surface area contributed by atoms with Crippen molar-refractivity contribution < 1.29 is 4.74 Å². The summed E-state index contributed by atoms with van der Waals surface area (Å²) >= 11 is 1.74. The molecule has 1 aromatic rings. The van der Waals surface area contributed by atoms with Crippen LogP contribution in [-0.4, -0.2) is 26.5 Å². The first-order chi connectivity index (χ1) is 7.57. The minimum atomic E-state index is 0.160. The minimum Gasteiger partial charge on any atom is -0.493 e. The van der Waals surface area contributed by atoms with Gasteiger partial charge in [0, 0.05) is 16.9 Å². The number of hydrogen-bond donors (Lipinski definition) is 1. The Labute approximate surface area is 103 Å². The third kappa shape index (κ3) is 4.45. The second-order valence-electron chi connectivity index (χ2n) is 4.66. The number of nitrogens with one attached hydrogen (secondary N) is 1. The molecular weight excluding hydrogens is 218 g/mol. The molecule has 3 heteroatoms. The quantitative estimate of drug-likeness (QED) is 0.771. The molecule has 0 radical (unpaired) electrons. The van der Waals surface area contributed by atoms with Gasteiger partial charge >= 0.3 is 0 Å². The minimum absolute atomic E-state index is 0.160. The molecule has 0 fully saturated rings. The Balaban J connectivity index is 2.48. The van der Waals surface area contributed by atoms with Crippen molar-refractivity contribution in [2.45, 2.75) is 18.7 Å². The van der Waals surface area contributed by atoms with E-state index < -0.39 is 0 Å². The van der Waals surface area contributed by atoms with Gasteiger partial charge in [-0.25, -0.2) is 0 Å². The number of rotatable bonds is 6. The highest BCUT2D eigenvalue weighted by Gasteiger charge is 2.17. The summed E-state index contributed by atoms with van der Waals surface area (Å²) in [7, 11) is 1.97. The molecule has 0 heterocycles. The van der Waals surface area contributed by atoms with Crippen LogP contribution in [0.15, 0.2) is 29.2 Å². The number of benzene rings is 1. The second kappa shape index (κ2) is 6.16. The van der Waals surface area contributed by atoms with Gasteiger partial charge in [-0.2, -0.15) is 0 Å². The van der Waals surface area contributed by atoms with Crippen LogP contribution in [0.1, 0.15) is 13.8 Å². The van der Waals surface area contributed by atoms with Gasteiger partial charge in [0.05, 0.1) is 6.61 Å². The van der Waals surface area contributed by atoms with E-state index in [2.05, 4.69) is 37.6 Å². The van der Waals surface area contributed by atoms with Crippen molar-refractivity contribution in [3.8, 4) is 5.75 Å². The maximum absolute atomic E-state index is 5.77. The first-order valence-corrected chi connectivity index (χ1v) is 6.71. The molecule has 2 nitrogen and oxygen atoms in total. The van der Waals surface area contributed by atoms with Crippen LogP contribution < -0.4 is 10.1 Å². The Morgan fingerprint density at radius 2 is 1.88 bits per heavy atom. The molecule has 0 spiro atoms. The summed E-state index contributed by atoms with van der Waals surface area (Å²) in [6.07, 6.45) is 2.08. The van der Waals surface area contributed by atoms with Gasteiger partial charge in [0.1, 0.15) is 5.75 Å². The Hall–Kier alpha value is -0.670. The summed E-state index contributed by atoms with van der Waals surface area (Å²) in [5, 5.41) is 3.18. The van der Waals surface area contributed by atoms with Gasteiger partial charge in [-0.15, -0.1) is 11.8 Å². The normalized spacial score (nSPS) is 11.5. The summed E-state index contributed by atoms with van der Waals surface area (Å²) in [4.78, 5) is 1.27. The summed E-state index contributed by atoms with van der Waals surface area (Å²) in [5.41, 5.74) is 0.160. The van der Waals surface area contributed by atoms with Crippen molar-refractivity contribution in [2.24, 2.45) is 5.41 Å². The van der Waals surface area contributed by atoms with Crippen LogP contribution in [0.25, 0.3) is 0 Å². The van der Waals surface area contributed by atoms with Crippen molar-refractivity contribution >= 4 is 11.8 Å². The zero-order chi connectivity index (χ0) is 12.0. The summed E-state index contributed by atoms with van der Waals surface area (Å²) in [6, 6.07) is 8.23. The molecule has 0 bridgehead atoms. The predicted octanol–water partition coefficient (Wildman–Crippen LogP) is 3.03. The fraction of sp³-hybridized carbons (Fsp3) is 0.538. The van der Waals surface area contributed by atoms with Gasteiger partial charge in [-0.3, -0.25) is 0 Å². The van der Waals surface area contributed by atoms with Gasteiger partial charge in [-0.05, 0) is 37.6 Å². The van der Waals surface area contributed by atoms with Gasteiger partial charge in [0.15, 0.2) is 0 Å². The van der Waals surface area contributed by atoms with Crippen molar-refractivity contribution in [1.29, 1.82) is 0 Å². The lowest BCUT2D eigenvalue weighted by atomic mass is 9.95. The number of ether oxygens (including phenoxy) is 1. The number of thioether (sulfide) groups is 1. The molecule has 1 aromatic carbocycles. The average Bonchev–Trinajstić information content (AvgIpc) is 2.27. The van der Waals surface area contributed by atoms with Crippen LogP contribution in [-0.2, 0) is 0 Å². The monoisotopic (exact) mass is 239 g/mol. The van der Waals surface area contributed by atoms with Crippen LogP contribution in [0.2, 0.25) is 0 Å². The van der Waals surface area contributed by atoms with E-state index in [0.29, 0.717) is 0 Å². The van der Waals surface area contributed by atoms with E-state index in [0.717, 1.165) is 18.9 Å². The highest BCUT2D eigenvalue weighted by molar-refractivity contribution is 7.98. The van der Waals surface area contributed by atoms with Crippen LogP contribution >= 0.6 is 11.8 Å². The fourth-order valence-electron chi connectivity index (χ4n) is 1.48. The maximum atomic E-state index is 5.77. The lowest BCUT2D eigenvalue weighted by Crippen LogP contribution is -2.32. The molecule has 1 N–H and O–H groups in total. The van der Waals surface area contributed by atoms with E-state index in [1.165, 1.54) is 4.90 Å². The topological polar surface area (TPSA) is 21.3 Å². The standard InChI is InChI=1S/C13H21NOS/c1-13(2,9-14-3)10-15-11-5-7-12(16-4)8-6-11/h5-8,14H,9-10H2,1-4H3. The van der Waals surface area contributed by atoms with E-state index in [4.69, 9.17) is 4.74 Å². The van der Waals surface area contributed by atoms with E-state index in [9.17, 15) is 0 Å². The molecule has 0 amide bonds. The molecule has 90 valence electrons. The largest absolute Gasteiger partial charge is 0.493 e. The van der Waals surface area contributed by atoms with Crippen LogP contribution in [0, 0.1) is 5.41 Å². The van der Waals surface area contributed by atoms with E-state index in [1.807, 2.05) is 19.2 Å². The van der Waals surface area contributed by atoms with Gasteiger partial charge in [-0.1, -0.05) is 13.8 Å². The van der Waals surface area contributed by atoms with Gasteiger partial charge < -0.3 is 10.1 Å². The second-order valence-corrected chi connectivity index (χ2v) is 5.54. The summed E-state index contributed by atoms with van der Waals surface area (Å²) < 4.78 is 5.77. The SMILES string of the molecule is CNCC(C)(C)COc1ccc(SC)cc1. The molecule has 0 unspecified atom stereocenters. The van der Waals surface area contributed by atoms with E-state index in [1.54, 1.807) is 11.8 Å². The molecule has 0 aliphatic heterocycles. The van der Waals surface area contributed by atoms with Crippen LogP contribution in [0.5, 0.6) is 5.75 Å². The van der Waals surface area contributed by atoms with Gasteiger partial charge in [0.25, 0.3) is 0 Å². The van der Waals surface area contributed by atoms with Crippen molar-refractivity contribution in [2.75, 3.05) is 26.5 Å². The molecular formula is C13H21NOS. The molecule has 0 saturated heterocycles. The van der Waals surface area contributed by atoms with Crippen molar-refractivity contribution in [1.82, 2.24) is 5.32 Å². The Morgan fingerprint density at radius 1 is 1.25 bits per heavy atom. The molecule has 0 aliphatic carbocycles. The van der Waals surface area contributed by atoms with E-state index >= 15 is 0 Å². The molecule has 0 saturated carbocycles. The third-order valence-electron chi connectivity index (χ3n) is 2.34. The van der Waals surface area contributed by atoms with Crippen molar-refractivity contribution in [3.05, 3.63) is 24.3 Å². The highest BCUT2D eigenvalue weighted by Crippen LogP contribution is 2.21. The molecule has 0 aromatic heterocycles. The van der Waals surface area contributed by atoms with Crippen molar-refractivity contribution in [3.63, 3.8) is 0 Å². The molecule has 0 atom stereocenters. The first-order valence-electron chi connectivity index (χ1n) is 5.49. The smallest absolute Gasteiger partial charge is 0.119 e. The van der Waals surface area contributed by atoms with Crippen LogP contribution in [0.4, 0.5) is 0 Å². The third-order valence-corrected chi connectivity index (χ3v) is 3.09. The summed E-state index contributed by atoms with van der Waals surface area (Å²) in [5.74, 6) is 0.946. The first kappa shape index (κ1) is 13.4. The zero-order valence-electron chi connectivity index (χ0n) is 10.5. The van der Waals surface area contributed by atoms with Crippen LogP contribution in [0.3, 0.4) is 0 Å². The zero-order valence-corrected chi connectivity index (χ0v) is 11.4.